The monoisotopic (exact) mass is 328 g/mol. The van der Waals surface area contributed by atoms with E-state index in [1.54, 1.807) is 0 Å². The lowest BCUT2D eigenvalue weighted by Crippen LogP contribution is -2.46. The third kappa shape index (κ3) is 4.20. The lowest BCUT2D eigenvalue weighted by molar-refractivity contribution is -0.131. The highest BCUT2D eigenvalue weighted by molar-refractivity contribution is 7.12. The van der Waals surface area contributed by atoms with E-state index in [-0.39, 0.29) is 17.9 Å². The number of thiophene rings is 1. The molecule has 0 radical (unpaired) electrons. The molecule has 2 heterocycles. The van der Waals surface area contributed by atoms with Crippen LogP contribution in [0.1, 0.15) is 28.1 Å². The first-order chi connectivity index (χ1) is 11.2. The minimum atomic E-state index is -0.00550. The maximum absolute atomic E-state index is 12.3. The predicted molar refractivity (Wildman–Crippen MR) is 91.5 cm³/mol. The molecule has 3 rings (SSSR count). The van der Waals surface area contributed by atoms with Gasteiger partial charge in [0.15, 0.2) is 0 Å². The average Bonchev–Trinajstić information content (AvgIpc) is 3.11. The number of nitrogens with zero attached hydrogens (tertiary/aromatic N) is 1. The Morgan fingerprint density at radius 2 is 1.83 bits per heavy atom. The summed E-state index contributed by atoms with van der Waals surface area (Å²) >= 11 is 1.45. The maximum Gasteiger partial charge on any atom is 0.261 e. The Balaban J connectivity index is 1.46. The number of carbonyl (C=O) groups excluding carboxylic acids is 2. The third-order valence-electron chi connectivity index (χ3n) is 4.13. The van der Waals surface area contributed by atoms with Gasteiger partial charge in [0.05, 0.1) is 11.3 Å². The Kier molecular flexibility index (Phi) is 5.08. The summed E-state index contributed by atoms with van der Waals surface area (Å²) in [6.07, 6.45) is 2.09. The fraction of sp³-hybridized carbons (Fsp3) is 0.333. The number of hydrogen-bond donors (Lipinski definition) is 1. The van der Waals surface area contributed by atoms with Crippen molar-refractivity contribution in [1.29, 1.82) is 0 Å². The van der Waals surface area contributed by atoms with Crippen LogP contribution in [-0.4, -0.2) is 35.8 Å². The fourth-order valence-corrected chi connectivity index (χ4v) is 3.45. The highest BCUT2D eigenvalue weighted by Crippen LogP contribution is 2.14. The highest BCUT2D eigenvalue weighted by atomic mass is 32.1. The summed E-state index contributed by atoms with van der Waals surface area (Å²) in [5.74, 6) is 0.160. The van der Waals surface area contributed by atoms with Gasteiger partial charge in [0, 0.05) is 19.1 Å². The molecule has 0 aliphatic carbocycles. The largest absolute Gasteiger partial charge is 0.348 e. The van der Waals surface area contributed by atoms with Crippen LogP contribution in [0.4, 0.5) is 0 Å². The van der Waals surface area contributed by atoms with Crippen LogP contribution in [0.5, 0.6) is 0 Å². The Bertz CT molecular complexity index is 647. The summed E-state index contributed by atoms with van der Waals surface area (Å²) in [5, 5.41) is 4.97. The summed E-state index contributed by atoms with van der Waals surface area (Å²) in [7, 11) is 0. The fourth-order valence-electron chi connectivity index (χ4n) is 2.82. The zero-order valence-electron chi connectivity index (χ0n) is 12.9. The quantitative estimate of drug-likeness (QED) is 0.938. The number of likely N-dealkylation sites (tertiary alicyclic amines) is 1. The van der Waals surface area contributed by atoms with E-state index in [0.29, 0.717) is 19.5 Å². The van der Waals surface area contributed by atoms with Crippen LogP contribution < -0.4 is 5.32 Å². The van der Waals surface area contributed by atoms with Crippen LogP contribution >= 0.6 is 11.3 Å². The summed E-state index contributed by atoms with van der Waals surface area (Å²) in [4.78, 5) is 27.0. The molecule has 1 aliphatic rings. The molecular weight excluding hydrogens is 308 g/mol. The second-order valence-corrected chi connectivity index (χ2v) is 6.72. The van der Waals surface area contributed by atoms with Gasteiger partial charge in [-0.05, 0) is 29.9 Å². The zero-order chi connectivity index (χ0) is 16.1. The second-order valence-electron chi connectivity index (χ2n) is 5.77. The lowest BCUT2D eigenvalue weighted by Gasteiger charge is -2.32. The smallest absolute Gasteiger partial charge is 0.261 e. The van der Waals surface area contributed by atoms with Gasteiger partial charge in [-0.3, -0.25) is 9.59 Å². The Morgan fingerprint density at radius 1 is 1.09 bits per heavy atom. The van der Waals surface area contributed by atoms with E-state index < -0.39 is 0 Å². The average molecular weight is 328 g/mol. The van der Waals surface area contributed by atoms with Crippen molar-refractivity contribution >= 4 is 23.2 Å². The van der Waals surface area contributed by atoms with Gasteiger partial charge >= 0.3 is 0 Å². The van der Waals surface area contributed by atoms with E-state index in [1.165, 1.54) is 11.3 Å². The number of hydrogen-bond acceptors (Lipinski definition) is 3. The second kappa shape index (κ2) is 7.42. The third-order valence-corrected chi connectivity index (χ3v) is 4.99. The molecule has 1 aromatic carbocycles. The van der Waals surface area contributed by atoms with Gasteiger partial charge in [-0.1, -0.05) is 36.4 Å². The number of rotatable bonds is 4. The van der Waals surface area contributed by atoms with Crippen molar-refractivity contribution in [1.82, 2.24) is 10.2 Å². The molecule has 2 amide bonds. The molecule has 0 unspecified atom stereocenters. The zero-order valence-corrected chi connectivity index (χ0v) is 13.7. The van der Waals surface area contributed by atoms with Crippen molar-refractivity contribution in [3.63, 3.8) is 0 Å². The molecule has 5 heteroatoms. The molecule has 120 valence electrons. The Labute approximate surface area is 140 Å². The molecule has 4 nitrogen and oxygen atoms in total. The topological polar surface area (TPSA) is 49.4 Å². The van der Waals surface area contributed by atoms with Gasteiger partial charge in [0.1, 0.15) is 0 Å². The number of piperidine rings is 1. The van der Waals surface area contributed by atoms with Gasteiger partial charge in [-0.25, -0.2) is 0 Å². The van der Waals surface area contributed by atoms with Crippen LogP contribution in [-0.2, 0) is 11.2 Å². The normalized spacial score (nSPS) is 15.4. The van der Waals surface area contributed by atoms with Gasteiger partial charge in [0.25, 0.3) is 5.91 Å². The van der Waals surface area contributed by atoms with Crippen molar-refractivity contribution in [2.75, 3.05) is 13.1 Å². The highest BCUT2D eigenvalue weighted by Gasteiger charge is 2.24. The van der Waals surface area contributed by atoms with E-state index in [1.807, 2.05) is 52.7 Å². The van der Waals surface area contributed by atoms with Gasteiger partial charge < -0.3 is 10.2 Å². The molecule has 1 aromatic heterocycles. The molecule has 1 N–H and O–H groups in total. The molecular formula is C18H20N2O2S. The van der Waals surface area contributed by atoms with Gasteiger partial charge in [-0.15, -0.1) is 11.3 Å². The van der Waals surface area contributed by atoms with Crippen LogP contribution in [0.25, 0.3) is 0 Å². The Morgan fingerprint density at radius 3 is 2.48 bits per heavy atom. The van der Waals surface area contributed by atoms with Crippen molar-refractivity contribution < 1.29 is 9.59 Å². The molecule has 23 heavy (non-hydrogen) atoms. The number of benzene rings is 1. The van der Waals surface area contributed by atoms with Crippen molar-refractivity contribution in [2.45, 2.75) is 25.3 Å². The standard InChI is InChI=1S/C18H20N2O2S/c21-17(13-14-5-2-1-3-6-14)20-10-8-15(9-11-20)19-18(22)16-7-4-12-23-16/h1-7,12,15H,8-11,13H2,(H,19,22). The predicted octanol–water partition coefficient (Wildman–Crippen LogP) is 2.71. The summed E-state index contributed by atoms with van der Waals surface area (Å²) < 4.78 is 0. The molecule has 1 fully saturated rings. The van der Waals surface area contributed by atoms with E-state index in [2.05, 4.69) is 5.32 Å². The van der Waals surface area contributed by atoms with Crippen LogP contribution in [0.2, 0.25) is 0 Å². The lowest BCUT2D eigenvalue weighted by atomic mass is 10.0. The molecule has 1 saturated heterocycles. The van der Waals surface area contributed by atoms with Gasteiger partial charge in [-0.2, -0.15) is 0 Å². The first-order valence-corrected chi connectivity index (χ1v) is 8.76. The Hall–Kier alpha value is -2.14. The van der Waals surface area contributed by atoms with Crippen LogP contribution in [0.3, 0.4) is 0 Å². The summed E-state index contributed by atoms with van der Waals surface area (Å²) in [6.45, 7) is 1.42. The van der Waals surface area contributed by atoms with Gasteiger partial charge in [0.2, 0.25) is 5.91 Å². The number of carbonyl (C=O) groups is 2. The van der Waals surface area contributed by atoms with E-state index >= 15 is 0 Å². The molecule has 0 atom stereocenters. The minimum absolute atomic E-state index is 0.00550. The molecule has 0 saturated carbocycles. The van der Waals surface area contributed by atoms with Crippen molar-refractivity contribution in [3.8, 4) is 0 Å². The SMILES string of the molecule is O=C(NC1CCN(C(=O)Cc2ccccc2)CC1)c1cccs1. The number of amides is 2. The number of nitrogens with one attached hydrogen (secondary N) is 1. The first-order valence-electron chi connectivity index (χ1n) is 7.88. The van der Waals surface area contributed by atoms with Crippen molar-refractivity contribution in [2.24, 2.45) is 0 Å². The van der Waals surface area contributed by atoms with Crippen LogP contribution in [0, 0.1) is 0 Å². The van der Waals surface area contributed by atoms with Crippen LogP contribution in [0.15, 0.2) is 47.8 Å². The maximum atomic E-state index is 12.3. The molecule has 0 bridgehead atoms. The molecule has 2 aromatic rings. The van der Waals surface area contributed by atoms with E-state index in [0.717, 1.165) is 23.3 Å². The molecule has 1 aliphatic heterocycles. The summed E-state index contributed by atoms with van der Waals surface area (Å²) in [6, 6.07) is 13.7. The van der Waals surface area contributed by atoms with E-state index in [9.17, 15) is 9.59 Å². The van der Waals surface area contributed by atoms with E-state index in [4.69, 9.17) is 0 Å². The minimum Gasteiger partial charge on any atom is -0.348 e. The molecule has 0 spiro atoms. The first kappa shape index (κ1) is 15.7. The van der Waals surface area contributed by atoms with Crippen molar-refractivity contribution in [3.05, 3.63) is 58.3 Å². The summed E-state index contributed by atoms with van der Waals surface area (Å²) in [5.41, 5.74) is 1.05.